The SMILES string of the molecule is CN1CCN(c2ccc(-c3cnc4[nH]cc(-c5ccn6ncc(C(=O)Nc7cccnc7)c6c5)c4c3)cn2)CC1. The van der Waals surface area contributed by atoms with Crippen molar-refractivity contribution in [1.82, 2.24) is 34.4 Å². The number of aromatic amines is 1. The van der Waals surface area contributed by atoms with Crippen molar-refractivity contribution in [3.63, 3.8) is 0 Å². The number of likely N-dealkylation sites (N-methyl/N-ethyl adjacent to an activating group) is 1. The number of amides is 1. The molecule has 7 heterocycles. The number of nitrogens with one attached hydrogen (secondary N) is 2. The number of anilines is 2. The van der Waals surface area contributed by atoms with Gasteiger partial charge in [0.15, 0.2) is 0 Å². The second kappa shape index (κ2) is 9.90. The van der Waals surface area contributed by atoms with Crippen LogP contribution in [0.4, 0.5) is 11.5 Å². The van der Waals surface area contributed by atoms with Crippen LogP contribution in [-0.2, 0) is 0 Å². The number of rotatable bonds is 5. The van der Waals surface area contributed by atoms with Crippen LogP contribution in [0.15, 0.2) is 85.8 Å². The molecule has 2 N–H and O–H groups in total. The molecule has 10 heteroatoms. The fourth-order valence-corrected chi connectivity index (χ4v) is 5.14. The van der Waals surface area contributed by atoms with Gasteiger partial charge in [-0.2, -0.15) is 5.10 Å². The molecule has 0 unspecified atom stereocenters. The summed E-state index contributed by atoms with van der Waals surface area (Å²) in [5.74, 6) is 0.765. The van der Waals surface area contributed by atoms with Crippen molar-refractivity contribution in [2.24, 2.45) is 0 Å². The van der Waals surface area contributed by atoms with E-state index in [0.29, 0.717) is 16.8 Å². The Labute approximate surface area is 230 Å². The lowest BCUT2D eigenvalue weighted by Gasteiger charge is -2.33. The number of piperazine rings is 1. The largest absolute Gasteiger partial charge is 0.354 e. The molecule has 40 heavy (non-hydrogen) atoms. The van der Waals surface area contributed by atoms with Gasteiger partial charge in [0.1, 0.15) is 11.5 Å². The summed E-state index contributed by atoms with van der Waals surface area (Å²) in [6.07, 6.45) is 12.5. The van der Waals surface area contributed by atoms with Crippen molar-refractivity contribution in [1.29, 1.82) is 0 Å². The number of nitrogens with zero attached hydrogens (tertiary/aromatic N) is 7. The Bertz CT molecular complexity index is 1820. The van der Waals surface area contributed by atoms with Crippen molar-refractivity contribution < 1.29 is 4.79 Å². The van der Waals surface area contributed by atoms with E-state index in [1.54, 1.807) is 35.2 Å². The van der Waals surface area contributed by atoms with E-state index in [9.17, 15) is 4.79 Å². The summed E-state index contributed by atoms with van der Waals surface area (Å²) < 4.78 is 1.70. The second-order valence-electron chi connectivity index (χ2n) is 10.0. The number of aromatic nitrogens is 6. The van der Waals surface area contributed by atoms with E-state index >= 15 is 0 Å². The highest BCUT2D eigenvalue weighted by molar-refractivity contribution is 6.09. The van der Waals surface area contributed by atoms with Gasteiger partial charge in [-0.1, -0.05) is 0 Å². The number of pyridine rings is 4. The zero-order valence-electron chi connectivity index (χ0n) is 22.0. The first-order chi connectivity index (χ1) is 19.6. The van der Waals surface area contributed by atoms with E-state index in [2.05, 4.69) is 60.4 Å². The normalized spacial score (nSPS) is 14.2. The maximum absolute atomic E-state index is 13.0. The molecule has 1 aliphatic rings. The predicted octanol–water partition coefficient (Wildman–Crippen LogP) is 4.34. The van der Waals surface area contributed by atoms with E-state index in [0.717, 1.165) is 65.3 Å². The molecule has 6 aromatic heterocycles. The number of carbonyl (C=O) groups excluding carboxylic acids is 1. The minimum absolute atomic E-state index is 0.240. The van der Waals surface area contributed by atoms with Crippen molar-refractivity contribution in [2.75, 3.05) is 43.4 Å². The predicted molar refractivity (Wildman–Crippen MR) is 155 cm³/mol. The Morgan fingerprint density at radius 1 is 0.925 bits per heavy atom. The average Bonchev–Trinajstić information content (AvgIpc) is 3.62. The van der Waals surface area contributed by atoms with Gasteiger partial charge in [-0.3, -0.25) is 9.78 Å². The Hall–Kier alpha value is -5.09. The van der Waals surface area contributed by atoms with E-state index in [-0.39, 0.29) is 5.91 Å². The minimum atomic E-state index is -0.240. The zero-order chi connectivity index (χ0) is 27.1. The molecular weight excluding hydrogens is 502 g/mol. The first-order valence-corrected chi connectivity index (χ1v) is 13.2. The lowest BCUT2D eigenvalue weighted by molar-refractivity contribution is 0.102. The number of carbonyl (C=O) groups is 1. The molecular formula is C30H27N9O. The lowest BCUT2D eigenvalue weighted by atomic mass is 10.0. The first-order valence-electron chi connectivity index (χ1n) is 13.2. The van der Waals surface area contributed by atoms with Gasteiger partial charge in [-0.15, -0.1) is 0 Å². The van der Waals surface area contributed by atoms with Gasteiger partial charge in [0.2, 0.25) is 0 Å². The maximum Gasteiger partial charge on any atom is 0.259 e. The number of fused-ring (bicyclic) bond motifs is 2. The Morgan fingerprint density at radius 2 is 1.80 bits per heavy atom. The van der Waals surface area contributed by atoms with Gasteiger partial charge in [0, 0.05) is 79.2 Å². The summed E-state index contributed by atoms with van der Waals surface area (Å²) in [5, 5.41) is 8.25. The van der Waals surface area contributed by atoms with Crippen molar-refractivity contribution in [3.05, 3.63) is 91.4 Å². The molecule has 198 valence electrons. The van der Waals surface area contributed by atoms with Crippen LogP contribution in [0, 0.1) is 0 Å². The molecule has 1 aliphatic heterocycles. The standard InChI is InChI=1S/C30H27N9O/c1-37-9-11-38(12-10-37)28-5-4-21(15-32-28)22-13-24-25(18-34-29(24)33-16-22)20-6-8-39-27(14-20)26(19-35-39)30(40)36-23-3-2-7-31-17-23/h2-8,13-19H,9-12H2,1H3,(H,33,34)(H,36,40). The van der Waals surface area contributed by atoms with E-state index < -0.39 is 0 Å². The van der Waals surface area contributed by atoms with E-state index in [1.807, 2.05) is 36.9 Å². The Kier molecular flexibility index (Phi) is 5.94. The third-order valence-corrected chi connectivity index (χ3v) is 7.44. The van der Waals surface area contributed by atoms with Crippen molar-refractivity contribution >= 4 is 34.0 Å². The molecule has 0 bridgehead atoms. The van der Waals surface area contributed by atoms with Crippen molar-refractivity contribution in [2.45, 2.75) is 0 Å². The highest BCUT2D eigenvalue weighted by Gasteiger charge is 2.17. The number of hydrogen-bond acceptors (Lipinski definition) is 7. The first kappa shape index (κ1) is 24.0. The summed E-state index contributed by atoms with van der Waals surface area (Å²) in [4.78, 5) is 34.5. The van der Waals surface area contributed by atoms with Crippen LogP contribution in [0.3, 0.4) is 0 Å². The second-order valence-corrected chi connectivity index (χ2v) is 10.0. The molecule has 0 aliphatic carbocycles. The third-order valence-electron chi connectivity index (χ3n) is 7.44. The molecule has 1 fully saturated rings. The molecule has 10 nitrogen and oxygen atoms in total. The molecule has 0 radical (unpaired) electrons. The van der Waals surface area contributed by atoms with Crippen molar-refractivity contribution in [3.8, 4) is 22.3 Å². The Morgan fingerprint density at radius 3 is 2.60 bits per heavy atom. The van der Waals surface area contributed by atoms with Gasteiger partial charge in [-0.25, -0.2) is 14.5 Å². The number of hydrogen-bond donors (Lipinski definition) is 2. The molecule has 0 atom stereocenters. The molecule has 1 amide bonds. The van der Waals surface area contributed by atoms with Crippen LogP contribution in [-0.4, -0.2) is 73.6 Å². The maximum atomic E-state index is 13.0. The van der Waals surface area contributed by atoms with Crippen LogP contribution in [0.2, 0.25) is 0 Å². The molecule has 0 spiro atoms. The highest BCUT2D eigenvalue weighted by Crippen LogP contribution is 2.32. The fourth-order valence-electron chi connectivity index (χ4n) is 5.14. The van der Waals surface area contributed by atoms with Crippen LogP contribution in [0.25, 0.3) is 38.8 Å². The quantitative estimate of drug-likeness (QED) is 0.342. The number of H-pyrrole nitrogens is 1. The van der Waals surface area contributed by atoms with Gasteiger partial charge in [-0.05, 0) is 55.1 Å². The Balaban J connectivity index is 1.19. The highest BCUT2D eigenvalue weighted by atomic mass is 16.1. The van der Waals surface area contributed by atoms with Gasteiger partial charge in [0.25, 0.3) is 5.91 Å². The van der Waals surface area contributed by atoms with Crippen LogP contribution in [0.5, 0.6) is 0 Å². The molecule has 0 aromatic carbocycles. The topological polar surface area (TPSA) is 107 Å². The van der Waals surface area contributed by atoms with Crippen LogP contribution < -0.4 is 10.2 Å². The summed E-state index contributed by atoms with van der Waals surface area (Å²) in [5.41, 5.74) is 6.57. The van der Waals surface area contributed by atoms with Crippen LogP contribution >= 0.6 is 0 Å². The van der Waals surface area contributed by atoms with E-state index in [1.165, 1.54) is 0 Å². The molecule has 1 saturated heterocycles. The van der Waals surface area contributed by atoms with Gasteiger partial charge in [0.05, 0.1) is 29.2 Å². The minimum Gasteiger partial charge on any atom is -0.354 e. The smallest absolute Gasteiger partial charge is 0.259 e. The summed E-state index contributed by atoms with van der Waals surface area (Å²) in [7, 11) is 2.15. The van der Waals surface area contributed by atoms with Crippen LogP contribution in [0.1, 0.15) is 10.4 Å². The van der Waals surface area contributed by atoms with Gasteiger partial charge < -0.3 is 20.1 Å². The fraction of sp³-hybridized carbons (Fsp3) is 0.167. The monoisotopic (exact) mass is 529 g/mol. The summed E-state index contributed by atoms with van der Waals surface area (Å²) in [6, 6.07) is 13.9. The molecule has 7 rings (SSSR count). The lowest BCUT2D eigenvalue weighted by Crippen LogP contribution is -2.44. The third kappa shape index (κ3) is 4.44. The van der Waals surface area contributed by atoms with Gasteiger partial charge >= 0.3 is 0 Å². The molecule has 6 aromatic rings. The molecule has 0 saturated carbocycles. The summed E-state index contributed by atoms with van der Waals surface area (Å²) >= 11 is 0. The zero-order valence-corrected chi connectivity index (χ0v) is 22.0. The average molecular weight is 530 g/mol. The summed E-state index contributed by atoms with van der Waals surface area (Å²) in [6.45, 7) is 4.05. The van der Waals surface area contributed by atoms with E-state index in [4.69, 9.17) is 4.98 Å².